The minimum Gasteiger partial charge on any atom is -0.338 e. The second-order valence-electron chi connectivity index (χ2n) is 6.27. The van der Waals surface area contributed by atoms with E-state index in [0.717, 1.165) is 17.2 Å². The van der Waals surface area contributed by atoms with Crippen LogP contribution >= 0.6 is 0 Å². The van der Waals surface area contributed by atoms with Crippen LogP contribution in [0.4, 0.5) is 14.5 Å². The molecule has 3 rings (SSSR count). The lowest BCUT2D eigenvalue weighted by atomic mass is 10.1. The molecule has 0 radical (unpaired) electrons. The van der Waals surface area contributed by atoms with Crippen LogP contribution < -0.4 is 5.32 Å². The van der Waals surface area contributed by atoms with Crippen LogP contribution in [0.5, 0.6) is 0 Å². The first kappa shape index (κ1) is 17.1. The molecule has 1 aliphatic heterocycles. The largest absolute Gasteiger partial charge is 0.338 e. The Morgan fingerprint density at radius 1 is 1.20 bits per heavy atom. The van der Waals surface area contributed by atoms with E-state index < -0.39 is 23.5 Å². The summed E-state index contributed by atoms with van der Waals surface area (Å²) in [5, 5.41) is 2.43. The van der Waals surface area contributed by atoms with Gasteiger partial charge in [-0.15, -0.1) is 0 Å². The topological polar surface area (TPSA) is 49.4 Å². The molecule has 2 amide bonds. The van der Waals surface area contributed by atoms with Gasteiger partial charge in [-0.05, 0) is 24.6 Å². The van der Waals surface area contributed by atoms with Crippen LogP contribution in [0, 0.1) is 24.5 Å². The summed E-state index contributed by atoms with van der Waals surface area (Å²) in [5.74, 6) is -2.65. The molecular weight excluding hydrogens is 326 g/mol. The minimum absolute atomic E-state index is 0.0838. The number of anilines is 1. The lowest BCUT2D eigenvalue weighted by Gasteiger charge is -2.17. The molecular formula is C19H18F2N2O2. The van der Waals surface area contributed by atoms with Crippen molar-refractivity contribution in [1.29, 1.82) is 0 Å². The van der Waals surface area contributed by atoms with Crippen LogP contribution in [0.1, 0.15) is 17.5 Å². The van der Waals surface area contributed by atoms with Gasteiger partial charge in [-0.2, -0.15) is 0 Å². The Labute approximate surface area is 144 Å². The molecule has 0 saturated carbocycles. The molecule has 0 bridgehead atoms. The van der Waals surface area contributed by atoms with E-state index in [4.69, 9.17) is 0 Å². The first-order valence-electron chi connectivity index (χ1n) is 8.01. The van der Waals surface area contributed by atoms with Crippen LogP contribution in [-0.4, -0.2) is 23.3 Å². The van der Waals surface area contributed by atoms with E-state index in [1.54, 1.807) is 4.90 Å². The van der Waals surface area contributed by atoms with E-state index in [0.29, 0.717) is 12.6 Å². The number of nitrogens with zero attached hydrogens (tertiary/aromatic N) is 1. The van der Waals surface area contributed by atoms with Gasteiger partial charge in [0.1, 0.15) is 11.6 Å². The number of rotatable bonds is 4. The average molecular weight is 344 g/mol. The van der Waals surface area contributed by atoms with Gasteiger partial charge in [0.2, 0.25) is 11.8 Å². The molecule has 1 saturated heterocycles. The van der Waals surface area contributed by atoms with Gasteiger partial charge < -0.3 is 10.2 Å². The Morgan fingerprint density at radius 3 is 2.60 bits per heavy atom. The highest BCUT2D eigenvalue weighted by Crippen LogP contribution is 2.23. The number of hydrogen-bond donors (Lipinski definition) is 1. The van der Waals surface area contributed by atoms with Crippen molar-refractivity contribution in [2.75, 3.05) is 11.9 Å². The predicted molar refractivity (Wildman–Crippen MR) is 89.7 cm³/mol. The number of carbonyl (C=O) groups excluding carboxylic acids is 2. The molecule has 0 aromatic heterocycles. The second-order valence-corrected chi connectivity index (χ2v) is 6.27. The van der Waals surface area contributed by atoms with Crippen molar-refractivity contribution in [3.8, 4) is 0 Å². The van der Waals surface area contributed by atoms with Crippen molar-refractivity contribution in [3.05, 3.63) is 65.2 Å². The number of carbonyl (C=O) groups is 2. The lowest BCUT2D eigenvalue weighted by Crippen LogP contribution is -2.28. The van der Waals surface area contributed by atoms with Crippen molar-refractivity contribution in [2.45, 2.75) is 19.9 Å². The molecule has 6 heteroatoms. The Morgan fingerprint density at radius 2 is 1.92 bits per heavy atom. The van der Waals surface area contributed by atoms with Gasteiger partial charge in [-0.25, -0.2) is 8.78 Å². The number of nitrogens with one attached hydrogen (secondary N) is 1. The zero-order valence-corrected chi connectivity index (χ0v) is 13.8. The normalized spacial score (nSPS) is 17.0. The number of aryl methyl sites for hydroxylation is 1. The molecule has 1 heterocycles. The molecule has 4 nitrogen and oxygen atoms in total. The first-order valence-corrected chi connectivity index (χ1v) is 8.01. The summed E-state index contributed by atoms with van der Waals surface area (Å²) in [7, 11) is 0. The summed E-state index contributed by atoms with van der Waals surface area (Å²) in [6.07, 6.45) is 0.0838. The van der Waals surface area contributed by atoms with E-state index in [-0.39, 0.29) is 24.6 Å². The third-order valence-corrected chi connectivity index (χ3v) is 4.27. The van der Waals surface area contributed by atoms with Crippen LogP contribution in [0.15, 0.2) is 42.5 Å². The summed E-state index contributed by atoms with van der Waals surface area (Å²) < 4.78 is 26.6. The van der Waals surface area contributed by atoms with Crippen LogP contribution in [0.2, 0.25) is 0 Å². The Hall–Kier alpha value is -2.76. The molecule has 130 valence electrons. The van der Waals surface area contributed by atoms with E-state index in [9.17, 15) is 18.4 Å². The number of halogens is 2. The zero-order valence-electron chi connectivity index (χ0n) is 13.8. The van der Waals surface area contributed by atoms with E-state index in [2.05, 4.69) is 5.32 Å². The van der Waals surface area contributed by atoms with Gasteiger partial charge in [0.15, 0.2) is 0 Å². The molecule has 2 aromatic rings. The quantitative estimate of drug-likeness (QED) is 0.925. The summed E-state index contributed by atoms with van der Waals surface area (Å²) >= 11 is 0. The maximum Gasteiger partial charge on any atom is 0.229 e. The fraction of sp³-hybridized carbons (Fsp3) is 0.263. The summed E-state index contributed by atoms with van der Waals surface area (Å²) in [4.78, 5) is 26.1. The van der Waals surface area contributed by atoms with Gasteiger partial charge in [0.25, 0.3) is 0 Å². The minimum atomic E-state index is -0.839. The maximum absolute atomic E-state index is 13.6. The second kappa shape index (κ2) is 7.01. The molecule has 1 fully saturated rings. The summed E-state index contributed by atoms with van der Waals surface area (Å²) in [5.41, 5.74) is 2.04. The zero-order chi connectivity index (χ0) is 18.0. The molecule has 0 spiro atoms. The van der Waals surface area contributed by atoms with Crippen LogP contribution in [0.3, 0.4) is 0 Å². The average Bonchev–Trinajstić information content (AvgIpc) is 2.93. The molecule has 1 aliphatic rings. The first-order chi connectivity index (χ1) is 11.9. The van der Waals surface area contributed by atoms with Crippen molar-refractivity contribution < 1.29 is 18.4 Å². The van der Waals surface area contributed by atoms with E-state index in [1.807, 2.05) is 31.2 Å². The number of benzene rings is 2. The van der Waals surface area contributed by atoms with Crippen molar-refractivity contribution in [1.82, 2.24) is 4.90 Å². The molecule has 0 aliphatic carbocycles. The highest BCUT2D eigenvalue weighted by molar-refractivity contribution is 5.97. The smallest absolute Gasteiger partial charge is 0.229 e. The molecule has 1 N–H and O–H groups in total. The van der Waals surface area contributed by atoms with E-state index in [1.165, 1.54) is 6.07 Å². The highest BCUT2D eigenvalue weighted by atomic mass is 19.1. The summed E-state index contributed by atoms with van der Waals surface area (Å²) in [6.45, 7) is 2.70. The fourth-order valence-electron chi connectivity index (χ4n) is 2.84. The highest BCUT2D eigenvalue weighted by Gasteiger charge is 2.34. The van der Waals surface area contributed by atoms with Crippen LogP contribution in [-0.2, 0) is 16.1 Å². The van der Waals surface area contributed by atoms with Gasteiger partial charge in [0.05, 0.1) is 11.6 Å². The van der Waals surface area contributed by atoms with Crippen LogP contribution in [0.25, 0.3) is 0 Å². The molecule has 1 atom stereocenters. The SMILES string of the molecule is Cc1ccc(CN2CC(C(=O)Nc3ccc(F)cc3F)CC2=O)cc1. The fourth-order valence-corrected chi connectivity index (χ4v) is 2.84. The monoisotopic (exact) mass is 344 g/mol. The maximum atomic E-state index is 13.6. The summed E-state index contributed by atoms with van der Waals surface area (Å²) in [6, 6.07) is 10.8. The number of amides is 2. The van der Waals surface area contributed by atoms with Gasteiger partial charge in [-0.3, -0.25) is 9.59 Å². The lowest BCUT2D eigenvalue weighted by molar-refractivity contribution is -0.128. The van der Waals surface area contributed by atoms with Gasteiger partial charge in [0, 0.05) is 25.6 Å². The predicted octanol–water partition coefficient (Wildman–Crippen LogP) is 3.26. The van der Waals surface area contributed by atoms with Crippen molar-refractivity contribution >= 4 is 17.5 Å². The number of hydrogen-bond acceptors (Lipinski definition) is 2. The Balaban J connectivity index is 1.63. The third-order valence-electron chi connectivity index (χ3n) is 4.27. The van der Waals surface area contributed by atoms with Gasteiger partial charge >= 0.3 is 0 Å². The van der Waals surface area contributed by atoms with Crippen molar-refractivity contribution in [2.24, 2.45) is 5.92 Å². The Kier molecular flexibility index (Phi) is 4.79. The van der Waals surface area contributed by atoms with E-state index >= 15 is 0 Å². The molecule has 25 heavy (non-hydrogen) atoms. The standard InChI is InChI=1S/C19H18F2N2O2/c1-12-2-4-13(5-3-12)10-23-11-14(8-18(23)24)19(25)22-17-7-6-15(20)9-16(17)21/h2-7,9,14H,8,10-11H2,1H3,(H,22,25). The Bertz CT molecular complexity index is 806. The molecule has 1 unspecified atom stereocenters. The number of likely N-dealkylation sites (tertiary alicyclic amines) is 1. The van der Waals surface area contributed by atoms with Gasteiger partial charge in [-0.1, -0.05) is 29.8 Å². The molecule has 2 aromatic carbocycles. The third kappa shape index (κ3) is 4.02. The van der Waals surface area contributed by atoms with Crippen molar-refractivity contribution in [3.63, 3.8) is 0 Å².